The third-order valence-corrected chi connectivity index (χ3v) is 9.01. The first-order valence-corrected chi connectivity index (χ1v) is 14.6. The Bertz CT molecular complexity index is 1280. The number of alkyl halides is 4. The summed E-state index contributed by atoms with van der Waals surface area (Å²) in [6.45, 7) is 7.14. The summed E-state index contributed by atoms with van der Waals surface area (Å²) in [5.74, 6) is -1.12. The molecule has 4 aliphatic rings. The number of halogens is 5. The minimum absolute atomic E-state index is 0.00175. The number of aromatic nitrogens is 2. The topological polar surface area (TPSA) is 74.8 Å². The smallest absolute Gasteiger partial charge is 0.420 e. The Labute approximate surface area is 242 Å². The average molecular weight is 597 g/mol. The lowest BCUT2D eigenvalue weighted by Gasteiger charge is -2.47. The Balaban J connectivity index is 1.15. The molecular formula is C29H37F5N6O2. The van der Waals surface area contributed by atoms with Gasteiger partial charge in [-0.1, -0.05) is 0 Å². The van der Waals surface area contributed by atoms with Crippen LogP contribution in [0.5, 0.6) is 5.75 Å². The third-order valence-electron chi connectivity index (χ3n) is 9.01. The van der Waals surface area contributed by atoms with Crippen LogP contribution in [0.4, 0.5) is 39.4 Å². The summed E-state index contributed by atoms with van der Waals surface area (Å²) in [7, 11) is 0. The SMILES string of the molecule is CC1(C)C[C@H](Nc2nc(Nc3ccc(OC4CCN(C5COC5)C[C@H]4F)c(C(F)(F)F)c3)ncc2F)CC2CCCN21. The van der Waals surface area contributed by atoms with E-state index in [-0.39, 0.29) is 48.0 Å². The second-order valence-electron chi connectivity index (χ2n) is 12.5. The largest absolute Gasteiger partial charge is 0.487 e. The van der Waals surface area contributed by atoms with Gasteiger partial charge < -0.3 is 20.1 Å². The van der Waals surface area contributed by atoms with Crippen LogP contribution in [0, 0.1) is 5.82 Å². The van der Waals surface area contributed by atoms with Crippen LogP contribution in [0.25, 0.3) is 0 Å². The molecule has 42 heavy (non-hydrogen) atoms. The number of hydrogen-bond donors (Lipinski definition) is 2. The van der Waals surface area contributed by atoms with Gasteiger partial charge in [0.15, 0.2) is 11.6 Å². The van der Waals surface area contributed by atoms with Crippen molar-refractivity contribution in [3.63, 3.8) is 0 Å². The number of nitrogens with one attached hydrogen (secondary N) is 2. The molecule has 5 heterocycles. The number of anilines is 3. The van der Waals surface area contributed by atoms with Crippen LogP contribution in [0.1, 0.15) is 51.5 Å². The number of hydrogen-bond acceptors (Lipinski definition) is 8. The summed E-state index contributed by atoms with van der Waals surface area (Å²) in [6.07, 6.45) is -1.99. The Hall–Kier alpha value is -2.77. The molecule has 4 aliphatic heterocycles. The lowest BCUT2D eigenvalue weighted by atomic mass is 9.84. The Morgan fingerprint density at radius 2 is 1.93 bits per heavy atom. The molecule has 2 unspecified atom stereocenters. The Morgan fingerprint density at radius 1 is 1.12 bits per heavy atom. The summed E-state index contributed by atoms with van der Waals surface area (Å²) in [5.41, 5.74) is -1.03. The average Bonchev–Trinajstić information content (AvgIpc) is 3.36. The zero-order valence-corrected chi connectivity index (χ0v) is 23.8. The van der Waals surface area contributed by atoms with Gasteiger partial charge >= 0.3 is 6.18 Å². The van der Waals surface area contributed by atoms with E-state index in [1.165, 1.54) is 12.1 Å². The lowest BCUT2D eigenvalue weighted by Crippen LogP contribution is -2.56. The van der Waals surface area contributed by atoms with Gasteiger partial charge in [0, 0.05) is 36.4 Å². The minimum atomic E-state index is -4.75. The van der Waals surface area contributed by atoms with E-state index < -0.39 is 35.6 Å². The molecular weight excluding hydrogens is 559 g/mol. The number of ether oxygens (including phenoxy) is 2. The molecule has 13 heteroatoms. The minimum Gasteiger partial charge on any atom is -0.487 e. The fourth-order valence-electron chi connectivity index (χ4n) is 6.87. The molecule has 230 valence electrons. The van der Waals surface area contributed by atoms with Crippen molar-refractivity contribution in [1.82, 2.24) is 19.8 Å². The molecule has 1 aromatic heterocycles. The summed E-state index contributed by atoms with van der Waals surface area (Å²) in [6, 6.07) is 4.01. The number of nitrogens with zero attached hydrogens (tertiary/aromatic N) is 4. The molecule has 0 saturated carbocycles. The summed E-state index contributed by atoms with van der Waals surface area (Å²) >= 11 is 0. The first-order chi connectivity index (χ1) is 20.0. The van der Waals surface area contributed by atoms with Crippen molar-refractivity contribution in [3.8, 4) is 5.75 Å². The number of piperidine rings is 2. The van der Waals surface area contributed by atoms with Gasteiger partial charge in [0.1, 0.15) is 18.0 Å². The van der Waals surface area contributed by atoms with Crippen LogP contribution in [0.2, 0.25) is 0 Å². The van der Waals surface area contributed by atoms with Crippen LogP contribution in [0.3, 0.4) is 0 Å². The van der Waals surface area contributed by atoms with Crippen molar-refractivity contribution in [3.05, 3.63) is 35.8 Å². The Kier molecular flexibility index (Phi) is 7.94. The molecule has 4 saturated heterocycles. The van der Waals surface area contributed by atoms with Gasteiger partial charge in [-0.15, -0.1) is 0 Å². The molecule has 4 atom stereocenters. The van der Waals surface area contributed by atoms with E-state index in [2.05, 4.69) is 39.3 Å². The van der Waals surface area contributed by atoms with E-state index in [0.717, 1.165) is 44.5 Å². The van der Waals surface area contributed by atoms with Crippen molar-refractivity contribution in [2.75, 3.05) is 43.5 Å². The van der Waals surface area contributed by atoms with Gasteiger partial charge in [0.2, 0.25) is 5.95 Å². The molecule has 2 N–H and O–H groups in total. The normalized spacial score (nSPS) is 28.6. The molecule has 8 nitrogen and oxygen atoms in total. The van der Waals surface area contributed by atoms with Crippen molar-refractivity contribution in [1.29, 1.82) is 0 Å². The van der Waals surface area contributed by atoms with Crippen LogP contribution < -0.4 is 15.4 Å². The third kappa shape index (κ3) is 6.14. The van der Waals surface area contributed by atoms with Gasteiger partial charge in [-0.25, -0.2) is 13.8 Å². The van der Waals surface area contributed by atoms with Crippen LogP contribution >= 0.6 is 0 Å². The van der Waals surface area contributed by atoms with Gasteiger partial charge in [-0.2, -0.15) is 18.2 Å². The molecule has 2 aromatic rings. The highest BCUT2D eigenvalue weighted by molar-refractivity contribution is 5.59. The van der Waals surface area contributed by atoms with E-state index in [1.54, 1.807) is 0 Å². The highest BCUT2D eigenvalue weighted by Crippen LogP contribution is 2.41. The van der Waals surface area contributed by atoms with Crippen molar-refractivity contribution < 1.29 is 31.4 Å². The molecule has 4 fully saturated rings. The van der Waals surface area contributed by atoms with Crippen molar-refractivity contribution in [2.24, 2.45) is 0 Å². The zero-order valence-electron chi connectivity index (χ0n) is 23.8. The quantitative estimate of drug-likeness (QED) is 0.413. The van der Waals surface area contributed by atoms with E-state index in [9.17, 15) is 22.0 Å². The van der Waals surface area contributed by atoms with Crippen molar-refractivity contribution in [2.45, 2.75) is 88.1 Å². The van der Waals surface area contributed by atoms with Crippen LogP contribution in [-0.4, -0.2) is 88.6 Å². The van der Waals surface area contributed by atoms with E-state index >= 15 is 0 Å². The molecule has 6 rings (SSSR count). The maximum Gasteiger partial charge on any atom is 0.420 e. The lowest BCUT2D eigenvalue weighted by molar-refractivity contribution is -0.140. The fourth-order valence-corrected chi connectivity index (χ4v) is 6.87. The maximum absolute atomic E-state index is 14.9. The summed E-state index contributed by atoms with van der Waals surface area (Å²) in [5, 5.41) is 5.98. The summed E-state index contributed by atoms with van der Waals surface area (Å²) < 4.78 is 82.5. The number of rotatable bonds is 7. The fraction of sp³-hybridized carbons (Fsp3) is 0.655. The van der Waals surface area contributed by atoms with E-state index in [1.807, 2.05) is 4.90 Å². The standard InChI is InChI=1S/C29H37F5N6O2/c1-28(2)12-18(10-19-4-3-8-40(19)28)36-26-22(30)13-35-27(38-26)37-17-5-6-24(21(11-17)29(32,33)34)42-25-7-9-39(14-23(25)31)20-15-41-16-20/h5-6,11,13,18-20,23,25H,3-4,7-10,12,14-16H2,1-2H3,(H2,35,36,37,38)/t18-,19?,23-,25?/m1/s1. The maximum atomic E-state index is 14.9. The second-order valence-corrected chi connectivity index (χ2v) is 12.5. The van der Waals surface area contributed by atoms with Crippen LogP contribution in [0.15, 0.2) is 24.4 Å². The number of likely N-dealkylation sites (tertiary alicyclic amines) is 1. The van der Waals surface area contributed by atoms with E-state index in [0.29, 0.717) is 25.8 Å². The van der Waals surface area contributed by atoms with Gasteiger partial charge in [-0.05, 0) is 70.7 Å². The highest BCUT2D eigenvalue weighted by Gasteiger charge is 2.43. The molecule has 0 amide bonds. The monoisotopic (exact) mass is 596 g/mol. The van der Waals surface area contributed by atoms with Gasteiger partial charge in [0.05, 0.1) is 31.0 Å². The molecule has 0 spiro atoms. The predicted molar refractivity (Wildman–Crippen MR) is 147 cm³/mol. The molecule has 0 bridgehead atoms. The van der Waals surface area contributed by atoms with E-state index in [4.69, 9.17) is 9.47 Å². The highest BCUT2D eigenvalue weighted by atomic mass is 19.4. The first-order valence-electron chi connectivity index (χ1n) is 14.6. The molecule has 1 aromatic carbocycles. The van der Waals surface area contributed by atoms with Gasteiger partial charge in [-0.3, -0.25) is 9.80 Å². The second kappa shape index (κ2) is 11.4. The number of fused-ring (bicyclic) bond motifs is 1. The van der Waals surface area contributed by atoms with Gasteiger partial charge in [0.25, 0.3) is 0 Å². The molecule has 0 radical (unpaired) electrons. The Morgan fingerprint density at radius 3 is 2.64 bits per heavy atom. The summed E-state index contributed by atoms with van der Waals surface area (Å²) in [4.78, 5) is 12.7. The number of benzene rings is 1. The zero-order chi connectivity index (χ0) is 29.6. The first kappa shape index (κ1) is 29.3. The predicted octanol–water partition coefficient (Wildman–Crippen LogP) is 5.39. The molecule has 0 aliphatic carbocycles. The van der Waals surface area contributed by atoms with Crippen LogP contribution in [-0.2, 0) is 10.9 Å². The van der Waals surface area contributed by atoms with Crippen molar-refractivity contribution >= 4 is 17.5 Å².